The molecule has 0 bridgehead atoms. The number of nitrogens with zero attached hydrogens (tertiary/aromatic N) is 2. The van der Waals surface area contributed by atoms with E-state index < -0.39 is 31.5 Å². The molecule has 0 amide bonds. The minimum atomic E-state index is -4.06. The average Bonchev–Trinajstić information content (AvgIpc) is 2.79. The molecule has 0 saturated carbocycles. The zero-order chi connectivity index (χ0) is 23.1. The maximum Gasteiger partial charge on any atom is 0.335 e. The van der Waals surface area contributed by atoms with Crippen LogP contribution in [0.3, 0.4) is 0 Å². The maximum absolute atomic E-state index is 12.4. The molecular weight excluding hydrogens is 438 g/mol. The second-order valence-corrected chi connectivity index (χ2v) is 8.30. The number of rotatable bonds is 10. The molecule has 0 radical (unpaired) electrons. The van der Waals surface area contributed by atoms with Gasteiger partial charge in [0.05, 0.1) is 17.1 Å². The molecule has 0 saturated heterocycles. The predicted octanol–water partition coefficient (Wildman–Crippen LogP) is 3.10. The van der Waals surface area contributed by atoms with Crippen LogP contribution < -0.4 is 9.46 Å². The molecule has 0 aliphatic heterocycles. The third-order valence-corrected chi connectivity index (χ3v) is 5.88. The summed E-state index contributed by atoms with van der Waals surface area (Å²) < 4.78 is 32.9. The molecule has 11 heteroatoms. The van der Waals surface area contributed by atoms with Crippen molar-refractivity contribution in [1.29, 1.82) is 0 Å². The number of benzene rings is 2. The molecular formula is C21H19N3O7S. The fourth-order valence-electron chi connectivity index (χ4n) is 2.90. The quantitative estimate of drug-likeness (QED) is 0.268. The molecule has 3 aromatic rings. The summed E-state index contributed by atoms with van der Waals surface area (Å²) in [7, 11) is -4.06. The minimum absolute atomic E-state index is 0.00151. The minimum Gasteiger partial charge on any atom is -0.491 e. The van der Waals surface area contributed by atoms with Gasteiger partial charge in [0.1, 0.15) is 11.4 Å². The van der Waals surface area contributed by atoms with Crippen LogP contribution >= 0.6 is 0 Å². The molecule has 2 N–H and O–H groups in total. The average molecular weight is 457 g/mol. The highest BCUT2D eigenvalue weighted by molar-refractivity contribution is 7.89. The molecule has 1 heterocycles. The summed E-state index contributed by atoms with van der Waals surface area (Å²) in [4.78, 5) is 25.4. The first-order valence-electron chi connectivity index (χ1n) is 9.44. The second-order valence-electron chi connectivity index (χ2n) is 6.56. The number of carboxylic acids is 1. The molecule has 0 aliphatic rings. The van der Waals surface area contributed by atoms with Crippen LogP contribution in [0.4, 0.5) is 5.69 Å². The topological polar surface area (TPSA) is 149 Å². The van der Waals surface area contributed by atoms with Gasteiger partial charge in [0.15, 0.2) is 4.90 Å². The molecule has 166 valence electrons. The lowest BCUT2D eigenvalue weighted by Gasteiger charge is -2.12. The Bertz CT molecular complexity index is 1250. The Morgan fingerprint density at radius 1 is 1.12 bits per heavy atom. The first-order valence-corrected chi connectivity index (χ1v) is 10.9. The number of aromatic carboxylic acids is 1. The van der Waals surface area contributed by atoms with Gasteiger partial charge in [-0.25, -0.2) is 17.9 Å². The van der Waals surface area contributed by atoms with Gasteiger partial charge in [0.2, 0.25) is 10.0 Å². The Hall–Kier alpha value is -3.83. The molecule has 1 aromatic heterocycles. The van der Waals surface area contributed by atoms with E-state index in [1.807, 2.05) is 0 Å². The van der Waals surface area contributed by atoms with E-state index >= 15 is 0 Å². The van der Waals surface area contributed by atoms with E-state index in [1.54, 1.807) is 30.5 Å². The summed E-state index contributed by atoms with van der Waals surface area (Å²) >= 11 is 0. The summed E-state index contributed by atoms with van der Waals surface area (Å²) in [6, 6.07) is 14.7. The Balaban J connectivity index is 1.62. The lowest BCUT2D eigenvalue weighted by Crippen LogP contribution is -2.26. The van der Waals surface area contributed by atoms with Crippen LogP contribution in [-0.2, 0) is 10.0 Å². The van der Waals surface area contributed by atoms with Gasteiger partial charge in [0, 0.05) is 24.4 Å². The first kappa shape index (κ1) is 22.8. The van der Waals surface area contributed by atoms with Crippen LogP contribution in [0.5, 0.6) is 5.75 Å². The highest BCUT2D eigenvalue weighted by atomic mass is 32.2. The van der Waals surface area contributed by atoms with E-state index in [9.17, 15) is 28.4 Å². The Kier molecular flexibility index (Phi) is 7.13. The van der Waals surface area contributed by atoms with Gasteiger partial charge < -0.3 is 9.84 Å². The number of para-hydroxylation sites is 1. The van der Waals surface area contributed by atoms with Crippen molar-refractivity contribution in [2.45, 2.75) is 11.3 Å². The van der Waals surface area contributed by atoms with E-state index in [1.165, 1.54) is 30.3 Å². The third-order valence-electron chi connectivity index (χ3n) is 4.38. The van der Waals surface area contributed by atoms with Crippen LogP contribution in [0, 0.1) is 10.1 Å². The Labute approximate surface area is 183 Å². The number of nitrogens with one attached hydrogen (secondary N) is 1. The second kappa shape index (κ2) is 9.98. The third kappa shape index (κ3) is 5.45. The molecule has 0 aliphatic carbocycles. The summed E-state index contributed by atoms with van der Waals surface area (Å²) in [5, 5.41) is 20.2. The zero-order valence-electron chi connectivity index (χ0n) is 16.7. The number of pyridine rings is 1. The number of nitro groups is 1. The molecule has 0 spiro atoms. The van der Waals surface area contributed by atoms with Gasteiger partial charge in [-0.05, 0) is 36.8 Å². The van der Waals surface area contributed by atoms with Gasteiger partial charge in [0.25, 0.3) is 5.69 Å². The number of hydrogen-bond donors (Lipinski definition) is 2. The van der Waals surface area contributed by atoms with Gasteiger partial charge in [-0.15, -0.1) is 0 Å². The van der Waals surface area contributed by atoms with E-state index in [0.29, 0.717) is 17.0 Å². The van der Waals surface area contributed by atoms with Crippen molar-refractivity contribution in [2.75, 3.05) is 13.2 Å². The SMILES string of the molecule is O=C(O)c1cccc(-c2ncccc2OCCCNS(=O)(=O)c2ccccc2[N+](=O)[O-])c1. The van der Waals surface area contributed by atoms with Gasteiger partial charge in [-0.1, -0.05) is 24.3 Å². The fraction of sp³-hybridized carbons (Fsp3) is 0.143. The van der Waals surface area contributed by atoms with Gasteiger partial charge >= 0.3 is 5.97 Å². The van der Waals surface area contributed by atoms with Crippen molar-refractivity contribution in [2.24, 2.45) is 0 Å². The molecule has 0 atom stereocenters. The lowest BCUT2D eigenvalue weighted by molar-refractivity contribution is -0.387. The van der Waals surface area contributed by atoms with Crippen molar-refractivity contribution >= 4 is 21.7 Å². The van der Waals surface area contributed by atoms with Crippen molar-refractivity contribution in [3.05, 3.63) is 82.5 Å². The number of ether oxygens (including phenoxy) is 1. The molecule has 3 rings (SSSR count). The maximum atomic E-state index is 12.4. The highest BCUT2D eigenvalue weighted by Gasteiger charge is 2.24. The highest BCUT2D eigenvalue weighted by Crippen LogP contribution is 2.28. The molecule has 32 heavy (non-hydrogen) atoms. The van der Waals surface area contributed by atoms with Crippen LogP contribution in [0.15, 0.2) is 71.8 Å². The molecule has 0 fully saturated rings. The summed E-state index contributed by atoms with van der Waals surface area (Å²) in [5.74, 6) is -0.646. The summed E-state index contributed by atoms with van der Waals surface area (Å²) in [6.45, 7) is 0.134. The van der Waals surface area contributed by atoms with Gasteiger partial charge in [-0.2, -0.15) is 0 Å². The molecule has 0 unspecified atom stereocenters. The lowest BCUT2D eigenvalue weighted by atomic mass is 10.1. The standard InChI is InChI=1S/C21H19N3O7S/c25-21(26)16-7-3-6-15(14-16)20-18(9-4-11-22-20)31-13-5-12-23-32(29,30)19-10-2-1-8-17(19)24(27)28/h1-4,6-11,14,23H,5,12-13H2,(H,25,26). The van der Waals surface area contributed by atoms with Crippen molar-refractivity contribution in [3.8, 4) is 17.0 Å². The van der Waals surface area contributed by atoms with E-state index in [2.05, 4.69) is 9.71 Å². The number of sulfonamides is 1. The van der Waals surface area contributed by atoms with Gasteiger partial charge in [-0.3, -0.25) is 15.1 Å². The summed E-state index contributed by atoms with van der Waals surface area (Å²) in [5.41, 5.74) is 0.636. The normalized spacial score (nSPS) is 11.1. The number of aromatic nitrogens is 1. The Morgan fingerprint density at radius 3 is 2.66 bits per heavy atom. The van der Waals surface area contributed by atoms with Crippen LogP contribution in [0.2, 0.25) is 0 Å². The van der Waals surface area contributed by atoms with Crippen LogP contribution in [0.25, 0.3) is 11.3 Å². The molecule has 10 nitrogen and oxygen atoms in total. The number of carboxylic acid groups (broad SMARTS) is 1. The zero-order valence-corrected chi connectivity index (χ0v) is 17.5. The fourth-order valence-corrected chi connectivity index (χ4v) is 4.14. The van der Waals surface area contributed by atoms with Crippen molar-refractivity contribution < 1.29 is 28.0 Å². The predicted molar refractivity (Wildman–Crippen MR) is 115 cm³/mol. The molecule has 2 aromatic carbocycles. The van der Waals surface area contributed by atoms with E-state index in [4.69, 9.17) is 4.74 Å². The van der Waals surface area contributed by atoms with Crippen LogP contribution in [0.1, 0.15) is 16.8 Å². The summed E-state index contributed by atoms with van der Waals surface area (Å²) in [6.07, 6.45) is 1.83. The van der Waals surface area contributed by atoms with Crippen molar-refractivity contribution in [1.82, 2.24) is 9.71 Å². The number of hydrogen-bond acceptors (Lipinski definition) is 7. The smallest absolute Gasteiger partial charge is 0.335 e. The number of nitro benzene ring substituents is 1. The van der Waals surface area contributed by atoms with E-state index in [0.717, 1.165) is 6.07 Å². The Morgan fingerprint density at radius 2 is 1.91 bits per heavy atom. The largest absolute Gasteiger partial charge is 0.491 e. The number of carbonyl (C=O) groups is 1. The van der Waals surface area contributed by atoms with Crippen molar-refractivity contribution in [3.63, 3.8) is 0 Å². The van der Waals surface area contributed by atoms with Crippen LogP contribution in [-0.4, -0.2) is 42.6 Å². The monoisotopic (exact) mass is 457 g/mol. The first-order chi connectivity index (χ1) is 15.3. The van der Waals surface area contributed by atoms with E-state index in [-0.39, 0.29) is 25.1 Å².